The first-order valence-electron chi connectivity index (χ1n) is 6.92. The summed E-state index contributed by atoms with van der Waals surface area (Å²) in [6.45, 7) is 0. The summed E-state index contributed by atoms with van der Waals surface area (Å²) in [7, 11) is -0.955. The van der Waals surface area contributed by atoms with Crippen molar-refractivity contribution in [3.63, 3.8) is 0 Å². The third kappa shape index (κ3) is 3.67. The average Bonchev–Trinajstić information content (AvgIpc) is 3.17. The van der Waals surface area contributed by atoms with E-state index < -0.39 is 10.8 Å². The first-order chi connectivity index (χ1) is 10.7. The van der Waals surface area contributed by atoms with E-state index >= 15 is 0 Å². The lowest BCUT2D eigenvalue weighted by Gasteiger charge is -1.99. The zero-order valence-corrected chi connectivity index (χ0v) is 13.0. The van der Waals surface area contributed by atoms with E-state index in [1.54, 1.807) is 18.8 Å². The predicted octanol–water partition coefficient (Wildman–Crippen LogP) is 1.91. The van der Waals surface area contributed by atoms with Crippen molar-refractivity contribution >= 4 is 10.8 Å². The lowest BCUT2D eigenvalue weighted by Crippen LogP contribution is -1.94. The summed E-state index contributed by atoms with van der Waals surface area (Å²) >= 11 is 0. The molecule has 2 aromatic heterocycles. The molecular formula is C15H16N4O2S. The molecule has 0 amide bonds. The summed E-state index contributed by atoms with van der Waals surface area (Å²) < 4.78 is 16.6. The molecule has 1 aromatic carbocycles. The van der Waals surface area contributed by atoms with E-state index in [-0.39, 0.29) is 0 Å². The molecule has 0 radical (unpaired) electrons. The number of aryl methyl sites for hydroxylation is 2. The highest BCUT2D eigenvalue weighted by molar-refractivity contribution is 7.84. The Bertz CT molecular complexity index is 750. The monoisotopic (exact) mass is 316 g/mol. The second-order valence-electron chi connectivity index (χ2n) is 4.96. The number of imidazole rings is 1. The Morgan fingerprint density at radius 3 is 2.73 bits per heavy atom. The van der Waals surface area contributed by atoms with Crippen LogP contribution in [0.25, 0.3) is 0 Å². The molecule has 22 heavy (non-hydrogen) atoms. The SMILES string of the molecule is CS(=O)c1ccc(Cc2noc(CCc3cnc[nH]3)n2)cc1. The highest BCUT2D eigenvalue weighted by atomic mass is 32.2. The molecule has 6 nitrogen and oxygen atoms in total. The highest BCUT2D eigenvalue weighted by Crippen LogP contribution is 2.11. The van der Waals surface area contributed by atoms with Crippen LogP contribution in [0.3, 0.4) is 0 Å². The van der Waals surface area contributed by atoms with Crippen molar-refractivity contribution in [2.24, 2.45) is 0 Å². The van der Waals surface area contributed by atoms with Gasteiger partial charge in [0.25, 0.3) is 0 Å². The van der Waals surface area contributed by atoms with Crippen molar-refractivity contribution in [2.75, 3.05) is 6.26 Å². The predicted molar refractivity (Wildman–Crippen MR) is 81.9 cm³/mol. The quantitative estimate of drug-likeness (QED) is 0.751. The fraction of sp³-hybridized carbons (Fsp3) is 0.267. The smallest absolute Gasteiger partial charge is 0.227 e. The Balaban J connectivity index is 1.60. The van der Waals surface area contributed by atoms with Gasteiger partial charge in [-0.25, -0.2) is 4.98 Å². The lowest BCUT2D eigenvalue weighted by atomic mass is 10.1. The number of benzene rings is 1. The number of aromatic amines is 1. The molecule has 1 unspecified atom stereocenters. The Morgan fingerprint density at radius 2 is 2.05 bits per heavy atom. The standard InChI is InChI=1S/C15H16N4O2S/c1-22(20)13-5-2-11(3-6-13)8-14-18-15(21-19-14)7-4-12-9-16-10-17-12/h2-3,5-6,9-10H,4,7-8H2,1H3,(H,16,17). The van der Waals surface area contributed by atoms with Crippen molar-refractivity contribution in [3.05, 3.63) is 59.8 Å². The van der Waals surface area contributed by atoms with Crippen molar-refractivity contribution in [3.8, 4) is 0 Å². The molecule has 0 saturated carbocycles. The van der Waals surface area contributed by atoms with Gasteiger partial charge in [0, 0.05) is 46.7 Å². The van der Waals surface area contributed by atoms with Gasteiger partial charge >= 0.3 is 0 Å². The van der Waals surface area contributed by atoms with Crippen LogP contribution >= 0.6 is 0 Å². The van der Waals surface area contributed by atoms with Gasteiger partial charge in [-0.05, 0) is 24.1 Å². The van der Waals surface area contributed by atoms with Gasteiger partial charge in [0.05, 0.1) is 6.33 Å². The van der Waals surface area contributed by atoms with Gasteiger partial charge in [0.15, 0.2) is 5.82 Å². The molecule has 2 heterocycles. The van der Waals surface area contributed by atoms with Gasteiger partial charge in [0.1, 0.15) is 0 Å². The van der Waals surface area contributed by atoms with Crippen LogP contribution in [0, 0.1) is 0 Å². The summed E-state index contributed by atoms with van der Waals surface area (Å²) in [5.74, 6) is 1.28. The van der Waals surface area contributed by atoms with Crippen LogP contribution in [0.2, 0.25) is 0 Å². The summed E-state index contributed by atoms with van der Waals surface area (Å²) in [5, 5.41) is 4.00. The van der Waals surface area contributed by atoms with Crippen LogP contribution in [0.1, 0.15) is 23.0 Å². The van der Waals surface area contributed by atoms with Gasteiger partial charge < -0.3 is 9.51 Å². The molecule has 0 saturated heterocycles. The van der Waals surface area contributed by atoms with E-state index in [9.17, 15) is 4.21 Å². The zero-order chi connectivity index (χ0) is 15.4. The Morgan fingerprint density at radius 1 is 1.23 bits per heavy atom. The highest BCUT2D eigenvalue weighted by Gasteiger charge is 2.08. The van der Waals surface area contributed by atoms with E-state index in [0.29, 0.717) is 24.6 Å². The molecule has 0 spiro atoms. The Hall–Kier alpha value is -2.28. The molecule has 3 aromatic rings. The maximum absolute atomic E-state index is 11.4. The fourth-order valence-corrected chi connectivity index (χ4v) is 2.63. The second-order valence-corrected chi connectivity index (χ2v) is 6.34. The number of hydrogen-bond donors (Lipinski definition) is 1. The second kappa shape index (κ2) is 6.65. The van der Waals surface area contributed by atoms with Crippen LogP contribution in [0.5, 0.6) is 0 Å². The number of H-pyrrole nitrogens is 1. The fourth-order valence-electron chi connectivity index (χ4n) is 2.11. The van der Waals surface area contributed by atoms with Gasteiger partial charge in [-0.15, -0.1) is 0 Å². The van der Waals surface area contributed by atoms with Crippen LogP contribution < -0.4 is 0 Å². The molecular weight excluding hydrogens is 300 g/mol. The minimum Gasteiger partial charge on any atom is -0.348 e. The third-order valence-electron chi connectivity index (χ3n) is 3.29. The van der Waals surface area contributed by atoms with Gasteiger partial charge in [-0.3, -0.25) is 4.21 Å². The first kappa shape index (κ1) is 14.6. The minimum absolute atomic E-state index is 0.601. The molecule has 0 fully saturated rings. The summed E-state index contributed by atoms with van der Waals surface area (Å²) in [6.07, 6.45) is 7.18. The van der Waals surface area contributed by atoms with E-state index in [4.69, 9.17) is 4.52 Å². The van der Waals surface area contributed by atoms with Crippen molar-refractivity contribution in [1.29, 1.82) is 0 Å². The lowest BCUT2D eigenvalue weighted by molar-refractivity contribution is 0.373. The van der Waals surface area contributed by atoms with Crippen LogP contribution in [0.4, 0.5) is 0 Å². The minimum atomic E-state index is -0.955. The summed E-state index contributed by atoms with van der Waals surface area (Å²) in [4.78, 5) is 12.2. The van der Waals surface area contributed by atoms with Gasteiger partial charge in [0.2, 0.25) is 5.89 Å². The van der Waals surface area contributed by atoms with Crippen molar-refractivity contribution < 1.29 is 8.73 Å². The topological polar surface area (TPSA) is 84.7 Å². The average molecular weight is 316 g/mol. The third-order valence-corrected chi connectivity index (χ3v) is 4.23. The molecule has 1 atom stereocenters. The Labute approximate surface area is 130 Å². The van der Waals surface area contributed by atoms with Crippen LogP contribution in [-0.4, -0.2) is 30.6 Å². The van der Waals surface area contributed by atoms with Gasteiger partial charge in [-0.2, -0.15) is 4.98 Å². The molecule has 0 bridgehead atoms. The molecule has 114 valence electrons. The zero-order valence-electron chi connectivity index (χ0n) is 12.2. The maximum Gasteiger partial charge on any atom is 0.227 e. The van der Waals surface area contributed by atoms with E-state index in [2.05, 4.69) is 20.1 Å². The molecule has 7 heteroatoms. The number of aromatic nitrogens is 4. The molecule has 0 aliphatic rings. The van der Waals surface area contributed by atoms with Crippen LogP contribution in [0.15, 0.2) is 46.2 Å². The largest absolute Gasteiger partial charge is 0.348 e. The normalized spacial score (nSPS) is 12.4. The van der Waals surface area contributed by atoms with E-state index in [1.165, 1.54) is 0 Å². The molecule has 0 aliphatic heterocycles. The summed E-state index contributed by atoms with van der Waals surface area (Å²) in [5.41, 5.74) is 2.11. The summed E-state index contributed by atoms with van der Waals surface area (Å²) in [6, 6.07) is 7.62. The molecule has 0 aliphatic carbocycles. The first-order valence-corrected chi connectivity index (χ1v) is 8.47. The number of rotatable bonds is 6. The van der Waals surface area contributed by atoms with Crippen molar-refractivity contribution in [1.82, 2.24) is 20.1 Å². The molecule has 3 rings (SSSR count). The maximum atomic E-state index is 11.4. The number of nitrogens with one attached hydrogen (secondary N) is 1. The van der Waals surface area contributed by atoms with E-state index in [1.807, 2.05) is 24.3 Å². The van der Waals surface area contributed by atoms with Gasteiger partial charge in [-0.1, -0.05) is 17.3 Å². The molecule has 1 N–H and O–H groups in total. The van der Waals surface area contributed by atoms with E-state index in [0.717, 1.165) is 22.6 Å². The van der Waals surface area contributed by atoms with Crippen LogP contribution in [-0.2, 0) is 30.1 Å². The number of nitrogens with zero attached hydrogens (tertiary/aromatic N) is 3. The van der Waals surface area contributed by atoms with Crippen molar-refractivity contribution in [2.45, 2.75) is 24.2 Å². The Kier molecular flexibility index (Phi) is 4.43. The number of hydrogen-bond acceptors (Lipinski definition) is 5.